The second-order valence-corrected chi connectivity index (χ2v) is 3.08. The zero-order valence-electron chi connectivity index (χ0n) is 6.47. The topological polar surface area (TPSA) is 75.4 Å². The lowest BCUT2D eigenvalue weighted by atomic mass is 10.3. The zero-order valence-corrected chi connectivity index (χ0v) is 6.47. The number of hydrogen-bond acceptors (Lipinski definition) is 3. The maximum Gasteiger partial charge on any atom is 0.218 e. The maximum absolute atomic E-state index is 10.3. The molecule has 0 aromatic heterocycles. The van der Waals surface area contributed by atoms with E-state index in [1.165, 1.54) is 0 Å². The average Bonchev–Trinajstić information content (AvgIpc) is 2.69. The number of nitrogens with two attached hydrogens (primary N) is 1. The van der Waals surface area contributed by atoms with Crippen LogP contribution in [-0.2, 0) is 4.79 Å². The summed E-state index contributed by atoms with van der Waals surface area (Å²) < 4.78 is 0. The summed E-state index contributed by atoms with van der Waals surface area (Å²) >= 11 is 0. The molecule has 0 atom stereocenters. The highest BCUT2D eigenvalue weighted by atomic mass is 16.3. The first kappa shape index (κ1) is 8.49. The van der Waals surface area contributed by atoms with Gasteiger partial charge >= 0.3 is 0 Å². The molecule has 1 rings (SSSR count). The first-order valence-corrected chi connectivity index (χ1v) is 3.83. The molecule has 1 saturated carbocycles. The molecule has 4 nitrogen and oxygen atoms in total. The van der Waals surface area contributed by atoms with E-state index in [0.29, 0.717) is 13.0 Å². The summed E-state index contributed by atoms with van der Waals surface area (Å²) in [5.74, 6) is -0.300. The Morgan fingerprint density at radius 2 is 2.27 bits per heavy atom. The van der Waals surface area contributed by atoms with Crippen molar-refractivity contribution in [3.8, 4) is 0 Å². The van der Waals surface area contributed by atoms with Crippen molar-refractivity contribution in [2.75, 3.05) is 13.2 Å². The average molecular weight is 158 g/mol. The smallest absolute Gasteiger partial charge is 0.218 e. The van der Waals surface area contributed by atoms with Crippen LogP contribution in [0.1, 0.15) is 19.3 Å². The third kappa shape index (κ3) is 2.48. The SMILES string of the molecule is NC(=O)CCNC1(CO)CC1. The molecule has 0 bridgehead atoms. The van der Waals surface area contributed by atoms with Gasteiger partial charge in [-0.05, 0) is 12.8 Å². The minimum absolute atomic E-state index is 0.0740. The van der Waals surface area contributed by atoms with Gasteiger partial charge in [-0.1, -0.05) is 0 Å². The molecule has 0 aromatic carbocycles. The Labute approximate surface area is 65.8 Å². The normalized spacial score (nSPS) is 19.7. The zero-order chi connectivity index (χ0) is 8.32. The predicted octanol–water partition coefficient (Wildman–Crippen LogP) is -1.02. The number of nitrogens with one attached hydrogen (secondary N) is 1. The molecule has 0 unspecified atom stereocenters. The molecule has 4 heteroatoms. The van der Waals surface area contributed by atoms with Gasteiger partial charge in [0, 0.05) is 18.5 Å². The summed E-state index contributed by atoms with van der Waals surface area (Å²) in [5.41, 5.74) is 4.87. The van der Waals surface area contributed by atoms with Crippen LogP contribution in [0.4, 0.5) is 0 Å². The molecule has 0 heterocycles. The number of amides is 1. The molecular formula is C7H14N2O2. The van der Waals surface area contributed by atoms with Gasteiger partial charge in [-0.3, -0.25) is 4.79 Å². The highest BCUT2D eigenvalue weighted by molar-refractivity contribution is 5.73. The quantitative estimate of drug-likeness (QED) is 0.479. The van der Waals surface area contributed by atoms with E-state index in [9.17, 15) is 4.79 Å². The van der Waals surface area contributed by atoms with Crippen molar-refractivity contribution in [2.24, 2.45) is 5.73 Å². The van der Waals surface area contributed by atoms with Crippen molar-refractivity contribution < 1.29 is 9.90 Å². The number of carbonyl (C=O) groups excluding carboxylic acids is 1. The second kappa shape index (κ2) is 3.19. The molecular weight excluding hydrogens is 144 g/mol. The van der Waals surface area contributed by atoms with Crippen LogP contribution in [-0.4, -0.2) is 29.7 Å². The number of aliphatic hydroxyl groups excluding tert-OH is 1. The summed E-state index contributed by atoms with van der Waals surface area (Å²) in [6.45, 7) is 0.738. The third-order valence-electron chi connectivity index (χ3n) is 2.03. The molecule has 4 N–H and O–H groups in total. The van der Waals surface area contributed by atoms with Crippen LogP contribution in [0.15, 0.2) is 0 Å². The van der Waals surface area contributed by atoms with Crippen molar-refractivity contribution in [1.29, 1.82) is 0 Å². The molecule has 11 heavy (non-hydrogen) atoms. The van der Waals surface area contributed by atoms with Crippen LogP contribution in [0.2, 0.25) is 0 Å². The summed E-state index contributed by atoms with van der Waals surface area (Å²) in [6.07, 6.45) is 2.35. The fraction of sp³-hybridized carbons (Fsp3) is 0.857. The van der Waals surface area contributed by atoms with Crippen LogP contribution >= 0.6 is 0 Å². The fourth-order valence-electron chi connectivity index (χ4n) is 0.993. The number of rotatable bonds is 5. The van der Waals surface area contributed by atoms with Gasteiger partial charge in [-0.25, -0.2) is 0 Å². The number of hydrogen-bond donors (Lipinski definition) is 3. The summed E-state index contributed by atoms with van der Waals surface area (Å²) in [4.78, 5) is 10.3. The highest BCUT2D eigenvalue weighted by Gasteiger charge is 2.41. The van der Waals surface area contributed by atoms with Gasteiger partial charge < -0.3 is 16.2 Å². The van der Waals surface area contributed by atoms with Crippen LogP contribution in [0.3, 0.4) is 0 Å². The van der Waals surface area contributed by atoms with Crippen molar-refractivity contribution in [2.45, 2.75) is 24.8 Å². The Kier molecular flexibility index (Phi) is 2.46. The van der Waals surface area contributed by atoms with Gasteiger partial charge in [-0.2, -0.15) is 0 Å². The Balaban J connectivity index is 2.07. The van der Waals surface area contributed by atoms with Gasteiger partial charge in [0.2, 0.25) is 5.91 Å². The summed E-state index contributed by atoms with van der Waals surface area (Å²) in [7, 11) is 0. The first-order valence-electron chi connectivity index (χ1n) is 3.83. The van der Waals surface area contributed by atoms with E-state index < -0.39 is 0 Å². The molecule has 1 fully saturated rings. The molecule has 0 aromatic rings. The molecule has 0 saturated heterocycles. The molecule has 0 radical (unpaired) electrons. The Morgan fingerprint density at radius 3 is 2.64 bits per heavy atom. The summed E-state index contributed by atoms with van der Waals surface area (Å²) in [6, 6.07) is 0. The van der Waals surface area contributed by atoms with Crippen LogP contribution < -0.4 is 11.1 Å². The minimum Gasteiger partial charge on any atom is -0.394 e. The monoisotopic (exact) mass is 158 g/mol. The summed E-state index contributed by atoms with van der Waals surface area (Å²) in [5, 5.41) is 11.9. The Morgan fingerprint density at radius 1 is 1.64 bits per heavy atom. The number of aliphatic hydroxyl groups is 1. The molecule has 64 valence electrons. The van der Waals surface area contributed by atoms with E-state index in [1.807, 2.05) is 0 Å². The first-order chi connectivity index (χ1) is 5.18. The van der Waals surface area contributed by atoms with E-state index in [0.717, 1.165) is 12.8 Å². The lowest BCUT2D eigenvalue weighted by molar-refractivity contribution is -0.117. The van der Waals surface area contributed by atoms with Crippen molar-refractivity contribution in [1.82, 2.24) is 5.32 Å². The van der Waals surface area contributed by atoms with Crippen molar-refractivity contribution >= 4 is 5.91 Å². The molecule has 1 aliphatic rings. The van der Waals surface area contributed by atoms with Crippen LogP contribution in [0.25, 0.3) is 0 Å². The number of primary amides is 1. The van der Waals surface area contributed by atoms with E-state index in [1.54, 1.807) is 0 Å². The molecule has 1 aliphatic carbocycles. The molecule has 1 amide bonds. The minimum atomic E-state index is -0.300. The lowest BCUT2D eigenvalue weighted by Gasteiger charge is -2.12. The highest BCUT2D eigenvalue weighted by Crippen LogP contribution is 2.34. The van der Waals surface area contributed by atoms with Crippen molar-refractivity contribution in [3.05, 3.63) is 0 Å². The second-order valence-electron chi connectivity index (χ2n) is 3.08. The Hall–Kier alpha value is -0.610. The van der Waals surface area contributed by atoms with Crippen LogP contribution in [0.5, 0.6) is 0 Å². The van der Waals surface area contributed by atoms with Gasteiger partial charge in [0.25, 0.3) is 0 Å². The fourth-order valence-corrected chi connectivity index (χ4v) is 0.993. The van der Waals surface area contributed by atoms with E-state index in [2.05, 4.69) is 5.32 Å². The van der Waals surface area contributed by atoms with E-state index in [4.69, 9.17) is 10.8 Å². The molecule has 0 spiro atoms. The predicted molar refractivity (Wildman–Crippen MR) is 40.9 cm³/mol. The van der Waals surface area contributed by atoms with Gasteiger partial charge in [0.1, 0.15) is 0 Å². The maximum atomic E-state index is 10.3. The lowest BCUT2D eigenvalue weighted by Crippen LogP contribution is -2.36. The van der Waals surface area contributed by atoms with Crippen LogP contribution in [0, 0.1) is 0 Å². The largest absolute Gasteiger partial charge is 0.394 e. The van der Waals surface area contributed by atoms with E-state index >= 15 is 0 Å². The van der Waals surface area contributed by atoms with E-state index in [-0.39, 0.29) is 18.1 Å². The molecule has 0 aliphatic heterocycles. The standard InChI is InChI=1S/C7H14N2O2/c8-6(11)1-4-9-7(5-10)2-3-7/h9-10H,1-5H2,(H2,8,11). The number of carbonyl (C=O) groups is 1. The van der Waals surface area contributed by atoms with Gasteiger partial charge in [0.15, 0.2) is 0 Å². The van der Waals surface area contributed by atoms with Gasteiger partial charge in [-0.15, -0.1) is 0 Å². The van der Waals surface area contributed by atoms with Crippen molar-refractivity contribution in [3.63, 3.8) is 0 Å². The van der Waals surface area contributed by atoms with Gasteiger partial charge in [0.05, 0.1) is 6.61 Å². The third-order valence-corrected chi connectivity index (χ3v) is 2.03. The Bertz CT molecular complexity index is 155.